The number of anilines is 1. The second-order valence-corrected chi connectivity index (χ2v) is 10.0. The molecule has 38 heavy (non-hydrogen) atoms. The Balaban J connectivity index is 1.55. The monoisotopic (exact) mass is 546 g/mol. The molecule has 204 valence electrons. The van der Waals surface area contributed by atoms with Crippen molar-refractivity contribution in [3.05, 3.63) is 60.2 Å². The smallest absolute Gasteiger partial charge is 0.326 e. The fraction of sp³-hybridized carbons (Fsp3) is 0.333. The summed E-state index contributed by atoms with van der Waals surface area (Å²) >= 11 is 0. The molecule has 0 spiro atoms. The van der Waals surface area contributed by atoms with Crippen LogP contribution in [0.1, 0.15) is 12.5 Å². The van der Waals surface area contributed by atoms with E-state index >= 15 is 0 Å². The largest absolute Gasteiger partial charge is 0.465 e. The van der Waals surface area contributed by atoms with Gasteiger partial charge in [-0.1, -0.05) is 23.4 Å². The predicted octanol–water partition coefficient (Wildman–Crippen LogP) is -0.544. The average molecular weight is 547 g/mol. The lowest BCUT2D eigenvalue weighted by atomic mass is 10.1. The van der Waals surface area contributed by atoms with Crippen molar-refractivity contribution in [2.24, 2.45) is 10.9 Å². The van der Waals surface area contributed by atoms with Crippen molar-refractivity contribution >= 4 is 39.3 Å². The number of rotatable bonds is 11. The van der Waals surface area contributed by atoms with Gasteiger partial charge in [-0.3, -0.25) is 19.3 Å². The molecule has 1 unspecified atom stereocenters. The normalized spacial score (nSPS) is 15.7. The van der Waals surface area contributed by atoms with E-state index < -0.39 is 27.9 Å². The molecule has 1 saturated heterocycles. The molecule has 1 aliphatic rings. The van der Waals surface area contributed by atoms with Gasteiger partial charge in [-0.2, -0.15) is 4.72 Å². The molecule has 0 saturated carbocycles. The van der Waals surface area contributed by atoms with E-state index in [4.69, 9.17) is 15.7 Å². The van der Waals surface area contributed by atoms with Crippen LogP contribution in [0.15, 0.2) is 64.6 Å². The number of carbonyl (C=O) groups is 3. The first-order chi connectivity index (χ1) is 18.1. The third-order valence-electron chi connectivity index (χ3n) is 5.67. The van der Waals surface area contributed by atoms with Crippen LogP contribution in [0, 0.1) is 0 Å². The van der Waals surface area contributed by atoms with Crippen LogP contribution < -0.4 is 20.7 Å². The van der Waals surface area contributed by atoms with Gasteiger partial charge in [0.05, 0.1) is 24.6 Å². The van der Waals surface area contributed by atoms with Gasteiger partial charge in [-0.25, -0.2) is 8.42 Å². The summed E-state index contributed by atoms with van der Waals surface area (Å²) in [5.41, 5.74) is 6.70. The molecular formula is C24H30N6O7S. The summed E-state index contributed by atoms with van der Waals surface area (Å²) in [5.74, 6) is -1.57. The van der Waals surface area contributed by atoms with Gasteiger partial charge in [0.15, 0.2) is 5.84 Å². The standard InChI is InChI=1S/C24H30N6O7S/c1-2-37-24(33)20(28-38(35,36)19-6-4-3-5-7-19)14-26-21(31)15-29-12-13-30(22(32)16-29)18-10-8-17(9-11-18)23(25)27-34/h3-11,20,28,34H,2,12-16H2,1H3,(H2,25,27)(H,26,31). The number of sulfonamides is 1. The molecule has 1 aliphatic heterocycles. The Morgan fingerprint density at radius 2 is 1.82 bits per heavy atom. The minimum Gasteiger partial charge on any atom is -0.465 e. The lowest BCUT2D eigenvalue weighted by molar-refractivity contribution is -0.145. The number of benzene rings is 2. The van der Waals surface area contributed by atoms with Crippen LogP contribution in [0.4, 0.5) is 5.69 Å². The molecule has 1 atom stereocenters. The van der Waals surface area contributed by atoms with E-state index in [1.165, 1.54) is 12.1 Å². The van der Waals surface area contributed by atoms with Gasteiger partial charge in [-0.05, 0) is 43.3 Å². The molecule has 1 fully saturated rings. The van der Waals surface area contributed by atoms with Crippen molar-refractivity contribution in [2.45, 2.75) is 17.9 Å². The molecule has 1 heterocycles. The fourth-order valence-electron chi connectivity index (χ4n) is 3.75. The van der Waals surface area contributed by atoms with Crippen LogP contribution >= 0.6 is 0 Å². The quantitative estimate of drug-likeness (QED) is 0.0945. The van der Waals surface area contributed by atoms with Crippen molar-refractivity contribution in [2.75, 3.05) is 44.2 Å². The number of amidine groups is 1. The summed E-state index contributed by atoms with van der Waals surface area (Å²) in [6.07, 6.45) is 0. The van der Waals surface area contributed by atoms with E-state index in [0.717, 1.165) is 0 Å². The summed E-state index contributed by atoms with van der Waals surface area (Å²) in [5, 5.41) is 14.3. The van der Waals surface area contributed by atoms with E-state index in [1.807, 2.05) is 0 Å². The third-order valence-corrected chi connectivity index (χ3v) is 7.16. The molecule has 0 aromatic heterocycles. The maximum atomic E-state index is 12.7. The number of nitrogens with two attached hydrogens (primary N) is 1. The van der Waals surface area contributed by atoms with E-state index in [1.54, 1.807) is 59.2 Å². The Bertz CT molecular complexity index is 1270. The number of ether oxygens (including phenoxy) is 1. The number of nitrogens with zero attached hydrogens (tertiary/aromatic N) is 3. The van der Waals surface area contributed by atoms with Crippen molar-refractivity contribution in [3.63, 3.8) is 0 Å². The maximum Gasteiger partial charge on any atom is 0.326 e. The number of amides is 2. The second kappa shape index (κ2) is 13.0. The van der Waals surface area contributed by atoms with Gasteiger partial charge in [-0.15, -0.1) is 0 Å². The Labute approximate surface area is 220 Å². The summed E-state index contributed by atoms with van der Waals surface area (Å²) in [6.45, 7) is 1.89. The van der Waals surface area contributed by atoms with Gasteiger partial charge in [0.2, 0.25) is 21.8 Å². The maximum absolute atomic E-state index is 12.7. The number of oxime groups is 1. The Kier molecular flexibility index (Phi) is 9.76. The molecule has 0 radical (unpaired) electrons. The van der Waals surface area contributed by atoms with Crippen LogP contribution in [0.5, 0.6) is 0 Å². The summed E-state index contributed by atoms with van der Waals surface area (Å²) < 4.78 is 32.6. The topological polar surface area (TPSA) is 184 Å². The summed E-state index contributed by atoms with van der Waals surface area (Å²) in [7, 11) is -4.04. The number of esters is 1. The van der Waals surface area contributed by atoms with Crippen LogP contribution in [-0.4, -0.2) is 87.5 Å². The third kappa shape index (κ3) is 7.50. The fourth-order valence-corrected chi connectivity index (χ4v) is 4.95. The van der Waals surface area contributed by atoms with Gasteiger partial charge < -0.3 is 25.9 Å². The highest BCUT2D eigenvalue weighted by Gasteiger charge is 2.29. The zero-order valence-electron chi connectivity index (χ0n) is 20.7. The SMILES string of the molecule is CCOC(=O)C(CNC(=O)CN1CCN(c2ccc(/C(N)=N\O)cc2)C(=O)C1)NS(=O)(=O)c1ccccc1. The second-order valence-electron chi connectivity index (χ2n) is 8.33. The zero-order chi connectivity index (χ0) is 27.7. The van der Waals surface area contributed by atoms with Crippen molar-refractivity contribution in [3.8, 4) is 0 Å². The minimum absolute atomic E-state index is 0.0165. The van der Waals surface area contributed by atoms with Gasteiger partial charge in [0.1, 0.15) is 6.04 Å². The number of nitrogens with one attached hydrogen (secondary N) is 2. The molecule has 13 nitrogen and oxygen atoms in total. The van der Waals surface area contributed by atoms with E-state index in [-0.39, 0.29) is 42.9 Å². The lowest BCUT2D eigenvalue weighted by Gasteiger charge is -2.34. The first-order valence-corrected chi connectivity index (χ1v) is 13.2. The van der Waals surface area contributed by atoms with Crippen LogP contribution in [0.25, 0.3) is 0 Å². The van der Waals surface area contributed by atoms with Crippen LogP contribution in [-0.2, 0) is 29.1 Å². The number of hydrogen-bond donors (Lipinski definition) is 4. The zero-order valence-corrected chi connectivity index (χ0v) is 21.6. The molecule has 14 heteroatoms. The van der Waals surface area contributed by atoms with Gasteiger partial charge in [0, 0.05) is 30.9 Å². The van der Waals surface area contributed by atoms with Crippen LogP contribution in [0.2, 0.25) is 0 Å². The Morgan fingerprint density at radius 1 is 1.13 bits per heavy atom. The Hall–Kier alpha value is -4.01. The van der Waals surface area contributed by atoms with E-state index in [9.17, 15) is 22.8 Å². The Morgan fingerprint density at radius 3 is 2.42 bits per heavy atom. The molecule has 2 aromatic rings. The molecule has 0 bridgehead atoms. The summed E-state index contributed by atoms with van der Waals surface area (Å²) in [6, 6.07) is 12.8. The van der Waals surface area contributed by atoms with Crippen molar-refractivity contribution in [1.29, 1.82) is 0 Å². The van der Waals surface area contributed by atoms with E-state index in [2.05, 4.69) is 15.2 Å². The summed E-state index contributed by atoms with van der Waals surface area (Å²) in [4.78, 5) is 40.8. The number of hydrogen-bond acceptors (Lipinski definition) is 9. The lowest BCUT2D eigenvalue weighted by Crippen LogP contribution is -2.54. The average Bonchev–Trinajstić information content (AvgIpc) is 2.91. The number of carbonyl (C=O) groups excluding carboxylic acids is 3. The molecule has 2 aromatic carbocycles. The highest BCUT2D eigenvalue weighted by Crippen LogP contribution is 2.18. The molecule has 3 rings (SSSR count). The minimum atomic E-state index is -4.04. The highest BCUT2D eigenvalue weighted by molar-refractivity contribution is 7.89. The van der Waals surface area contributed by atoms with Crippen molar-refractivity contribution < 1.29 is 32.7 Å². The van der Waals surface area contributed by atoms with Gasteiger partial charge in [0.25, 0.3) is 0 Å². The van der Waals surface area contributed by atoms with Crippen molar-refractivity contribution in [1.82, 2.24) is 14.9 Å². The van der Waals surface area contributed by atoms with Gasteiger partial charge >= 0.3 is 5.97 Å². The van der Waals surface area contributed by atoms with E-state index in [0.29, 0.717) is 24.3 Å². The highest BCUT2D eigenvalue weighted by atomic mass is 32.2. The first-order valence-electron chi connectivity index (χ1n) is 11.8. The predicted molar refractivity (Wildman–Crippen MR) is 138 cm³/mol. The number of piperazine rings is 1. The van der Waals surface area contributed by atoms with Crippen LogP contribution in [0.3, 0.4) is 0 Å². The molecule has 0 aliphatic carbocycles. The first kappa shape index (κ1) is 28.6. The molecular weight excluding hydrogens is 516 g/mol. The molecule has 5 N–H and O–H groups in total. The molecule has 2 amide bonds.